The van der Waals surface area contributed by atoms with Crippen LogP contribution in [0.2, 0.25) is 0 Å². The van der Waals surface area contributed by atoms with Crippen LogP contribution < -0.4 is 0 Å². The molecule has 0 spiro atoms. The summed E-state index contributed by atoms with van der Waals surface area (Å²) in [4.78, 5) is -0.685. The molecule has 1 aromatic rings. The Hall–Kier alpha value is -1.12. The Morgan fingerprint density at radius 3 is 2.52 bits per heavy atom. The lowest BCUT2D eigenvalue weighted by atomic mass is 10.2. The lowest BCUT2D eigenvalue weighted by Gasteiger charge is -2.20. The lowest BCUT2D eigenvalue weighted by Crippen LogP contribution is -2.32. The molecule has 1 heterocycles. The summed E-state index contributed by atoms with van der Waals surface area (Å²) in [5.41, 5.74) is -1.12. The molecule has 1 unspecified atom stereocenters. The van der Waals surface area contributed by atoms with Crippen molar-refractivity contribution in [2.75, 3.05) is 19.7 Å². The molecule has 8 heteroatoms. The van der Waals surface area contributed by atoms with Crippen molar-refractivity contribution in [2.45, 2.75) is 36.4 Å². The molecule has 1 atom stereocenters. The van der Waals surface area contributed by atoms with Gasteiger partial charge in [0.25, 0.3) is 0 Å². The Kier molecular flexibility index (Phi) is 4.41. The molecular weight excluding hydrogens is 331 g/mol. The molecule has 3 rings (SSSR count). The van der Waals surface area contributed by atoms with Crippen molar-refractivity contribution in [1.82, 2.24) is 4.31 Å². The summed E-state index contributed by atoms with van der Waals surface area (Å²) in [6.07, 6.45) is -2.16. The van der Waals surface area contributed by atoms with Gasteiger partial charge in [-0.25, -0.2) is 8.42 Å². The third-order valence-corrected chi connectivity index (χ3v) is 6.11. The molecule has 0 bridgehead atoms. The molecule has 0 aromatic heterocycles. The van der Waals surface area contributed by atoms with Crippen molar-refractivity contribution in [1.29, 1.82) is 0 Å². The Labute approximate surface area is 133 Å². The number of alkyl halides is 3. The van der Waals surface area contributed by atoms with Crippen LogP contribution in [0.1, 0.15) is 24.8 Å². The minimum atomic E-state index is -4.70. The van der Waals surface area contributed by atoms with Crippen LogP contribution in [0.25, 0.3) is 0 Å². The van der Waals surface area contributed by atoms with Gasteiger partial charge < -0.3 is 4.74 Å². The second-order valence-corrected chi connectivity index (χ2v) is 7.95. The van der Waals surface area contributed by atoms with E-state index >= 15 is 0 Å². The Balaban J connectivity index is 1.77. The highest BCUT2D eigenvalue weighted by Crippen LogP contribution is 2.36. The van der Waals surface area contributed by atoms with Crippen LogP contribution >= 0.6 is 0 Å². The van der Waals surface area contributed by atoms with E-state index in [1.165, 1.54) is 12.1 Å². The van der Waals surface area contributed by atoms with Crippen LogP contribution in [-0.4, -0.2) is 38.5 Å². The van der Waals surface area contributed by atoms with Crippen LogP contribution in [0.5, 0.6) is 0 Å². The highest BCUT2D eigenvalue weighted by atomic mass is 32.2. The van der Waals surface area contributed by atoms with E-state index in [-0.39, 0.29) is 19.2 Å². The van der Waals surface area contributed by atoms with Gasteiger partial charge in [0, 0.05) is 19.7 Å². The van der Waals surface area contributed by atoms with E-state index in [1.54, 1.807) is 0 Å². The van der Waals surface area contributed by atoms with E-state index in [4.69, 9.17) is 4.74 Å². The van der Waals surface area contributed by atoms with Crippen LogP contribution in [-0.2, 0) is 20.9 Å². The zero-order valence-electron chi connectivity index (χ0n) is 12.4. The molecule has 1 aromatic carbocycles. The summed E-state index contributed by atoms with van der Waals surface area (Å²) >= 11 is 0. The van der Waals surface area contributed by atoms with Crippen LogP contribution in [0.15, 0.2) is 29.2 Å². The summed E-state index contributed by atoms with van der Waals surface area (Å²) in [5, 5.41) is 0. The maximum absolute atomic E-state index is 13.1. The van der Waals surface area contributed by atoms with Gasteiger partial charge in [0.05, 0.1) is 16.6 Å². The van der Waals surface area contributed by atoms with E-state index in [0.717, 1.165) is 29.3 Å². The number of hydrogen-bond donors (Lipinski definition) is 0. The topological polar surface area (TPSA) is 46.6 Å². The van der Waals surface area contributed by atoms with Gasteiger partial charge in [-0.05, 0) is 37.3 Å². The second kappa shape index (κ2) is 6.07. The minimum absolute atomic E-state index is 0.112. The summed E-state index contributed by atoms with van der Waals surface area (Å²) in [7, 11) is -4.18. The van der Waals surface area contributed by atoms with Crippen LogP contribution in [0.4, 0.5) is 13.2 Å². The molecule has 1 aliphatic carbocycles. The number of hydrogen-bond acceptors (Lipinski definition) is 3. The third kappa shape index (κ3) is 3.70. The quantitative estimate of drug-likeness (QED) is 0.821. The smallest absolute Gasteiger partial charge is 0.377 e. The van der Waals surface area contributed by atoms with Crippen LogP contribution in [0, 0.1) is 5.92 Å². The molecule has 1 aliphatic heterocycles. The van der Waals surface area contributed by atoms with Crippen molar-refractivity contribution in [3.8, 4) is 0 Å². The summed E-state index contributed by atoms with van der Waals surface area (Å²) in [5.74, 6) is 0.562. The first-order valence-corrected chi connectivity index (χ1v) is 9.00. The maximum Gasteiger partial charge on any atom is 0.417 e. The van der Waals surface area contributed by atoms with Crippen molar-refractivity contribution in [2.24, 2.45) is 5.92 Å². The Bertz CT molecular complexity index is 671. The summed E-state index contributed by atoms with van der Waals surface area (Å²) < 4.78 is 71.0. The van der Waals surface area contributed by atoms with Gasteiger partial charge in [-0.3, -0.25) is 0 Å². The molecule has 2 fully saturated rings. The van der Waals surface area contributed by atoms with E-state index in [1.807, 2.05) is 0 Å². The van der Waals surface area contributed by atoms with Gasteiger partial charge in [0.1, 0.15) is 0 Å². The fraction of sp³-hybridized carbons (Fsp3) is 0.600. The highest BCUT2D eigenvalue weighted by molar-refractivity contribution is 7.89. The number of sulfonamides is 1. The molecule has 1 saturated heterocycles. The zero-order chi connectivity index (χ0) is 16.7. The van der Waals surface area contributed by atoms with E-state index in [2.05, 4.69) is 0 Å². The van der Waals surface area contributed by atoms with Crippen molar-refractivity contribution < 1.29 is 26.3 Å². The van der Waals surface area contributed by atoms with Crippen molar-refractivity contribution in [3.05, 3.63) is 29.8 Å². The standard InChI is InChI=1S/C15H18F3NO3S/c16-15(17,18)13-3-1-2-4-14(13)23(20,21)19-8-7-12(9-19)22-10-11-5-6-11/h1-4,11-12H,5-10H2. The number of rotatable bonds is 5. The van der Waals surface area contributed by atoms with E-state index in [0.29, 0.717) is 18.9 Å². The number of ether oxygens (including phenoxy) is 1. The van der Waals surface area contributed by atoms with Gasteiger partial charge in [0.15, 0.2) is 0 Å². The predicted molar refractivity (Wildman–Crippen MR) is 77.3 cm³/mol. The van der Waals surface area contributed by atoms with Gasteiger partial charge in [0.2, 0.25) is 10.0 Å². The van der Waals surface area contributed by atoms with Gasteiger partial charge in [-0.1, -0.05) is 12.1 Å². The van der Waals surface area contributed by atoms with Gasteiger partial charge >= 0.3 is 6.18 Å². The SMILES string of the molecule is O=S(=O)(c1ccccc1C(F)(F)F)N1CCC(OCC2CC2)C1. The molecule has 4 nitrogen and oxygen atoms in total. The average Bonchev–Trinajstić information content (AvgIpc) is 3.20. The first-order valence-electron chi connectivity index (χ1n) is 7.56. The van der Waals surface area contributed by atoms with E-state index in [9.17, 15) is 21.6 Å². The fourth-order valence-corrected chi connectivity index (χ4v) is 4.37. The first-order chi connectivity index (χ1) is 10.8. The maximum atomic E-state index is 13.1. The monoisotopic (exact) mass is 349 g/mol. The fourth-order valence-electron chi connectivity index (χ4n) is 2.67. The Morgan fingerprint density at radius 1 is 1.17 bits per heavy atom. The van der Waals surface area contributed by atoms with Crippen LogP contribution in [0.3, 0.4) is 0 Å². The average molecular weight is 349 g/mol. The number of nitrogens with zero attached hydrogens (tertiary/aromatic N) is 1. The lowest BCUT2D eigenvalue weighted by molar-refractivity contribution is -0.139. The number of benzene rings is 1. The van der Waals surface area contributed by atoms with Crippen molar-refractivity contribution >= 4 is 10.0 Å². The van der Waals surface area contributed by atoms with Crippen molar-refractivity contribution in [3.63, 3.8) is 0 Å². The summed E-state index contributed by atoms with van der Waals surface area (Å²) in [6.45, 7) is 0.906. The molecular formula is C15H18F3NO3S. The van der Waals surface area contributed by atoms with Gasteiger partial charge in [-0.2, -0.15) is 17.5 Å². The normalized spacial score (nSPS) is 23.3. The molecule has 0 amide bonds. The highest BCUT2D eigenvalue weighted by Gasteiger charge is 2.41. The second-order valence-electron chi connectivity index (χ2n) is 6.04. The molecule has 2 aliphatic rings. The number of halogens is 3. The zero-order valence-corrected chi connectivity index (χ0v) is 13.2. The minimum Gasteiger partial charge on any atom is -0.377 e. The Morgan fingerprint density at radius 2 is 1.87 bits per heavy atom. The molecule has 0 radical (unpaired) electrons. The molecule has 0 N–H and O–H groups in total. The molecule has 23 heavy (non-hydrogen) atoms. The largest absolute Gasteiger partial charge is 0.417 e. The molecule has 128 valence electrons. The van der Waals surface area contributed by atoms with Gasteiger partial charge in [-0.15, -0.1) is 0 Å². The molecule has 1 saturated carbocycles. The summed E-state index contributed by atoms with van der Waals surface area (Å²) in [6, 6.07) is 4.30. The first kappa shape index (κ1) is 16.7. The third-order valence-electron chi connectivity index (χ3n) is 4.18. The van der Waals surface area contributed by atoms with E-state index < -0.39 is 26.7 Å². The predicted octanol–water partition coefficient (Wildman–Crippen LogP) is 2.90.